The van der Waals surface area contributed by atoms with E-state index in [-0.39, 0.29) is 36.1 Å². The third-order valence-electron chi connectivity index (χ3n) is 5.18. The molecular weight excluding hydrogens is 380 g/mol. The van der Waals surface area contributed by atoms with Gasteiger partial charge in [-0.3, -0.25) is 4.79 Å². The zero-order chi connectivity index (χ0) is 20.6. The molecule has 2 aliphatic heterocycles. The number of benzene rings is 1. The molecule has 1 aromatic rings. The maximum absolute atomic E-state index is 12.6. The summed E-state index contributed by atoms with van der Waals surface area (Å²) >= 11 is 0. The van der Waals surface area contributed by atoms with E-state index in [4.69, 9.17) is 4.74 Å². The van der Waals surface area contributed by atoms with Crippen LogP contribution in [-0.4, -0.2) is 49.8 Å². The first kappa shape index (κ1) is 20.0. The van der Waals surface area contributed by atoms with E-state index in [1.54, 1.807) is 4.90 Å². The van der Waals surface area contributed by atoms with Crippen molar-refractivity contribution >= 4 is 27.6 Å². The Balaban J connectivity index is 1.70. The van der Waals surface area contributed by atoms with Crippen LogP contribution in [0.2, 0.25) is 0 Å². The number of rotatable bonds is 4. The molecule has 0 N–H and O–H groups in total. The lowest BCUT2D eigenvalue weighted by Crippen LogP contribution is -2.37. The van der Waals surface area contributed by atoms with Crippen molar-refractivity contribution < 1.29 is 22.7 Å². The number of carbonyl (C=O) groups excluding carboxylic acids is 2. The van der Waals surface area contributed by atoms with Crippen molar-refractivity contribution in [1.29, 1.82) is 0 Å². The number of ketones is 1. The second kappa shape index (κ2) is 7.35. The molecule has 8 heteroatoms. The number of Topliss-reactive ketones (excluding diaryl/α,β-unsaturated/α-hetero) is 1. The number of esters is 1. The minimum atomic E-state index is -3.45. The lowest BCUT2D eigenvalue weighted by molar-refractivity contribution is -0.137. The van der Waals surface area contributed by atoms with Crippen LogP contribution in [0.25, 0.3) is 0 Å². The van der Waals surface area contributed by atoms with E-state index >= 15 is 0 Å². The fourth-order valence-corrected chi connectivity index (χ4v) is 4.08. The van der Waals surface area contributed by atoms with Gasteiger partial charge in [-0.15, -0.1) is 4.40 Å². The molecule has 148 valence electrons. The van der Waals surface area contributed by atoms with Crippen LogP contribution in [-0.2, 0) is 19.6 Å². The van der Waals surface area contributed by atoms with Gasteiger partial charge in [-0.1, -0.05) is 0 Å². The van der Waals surface area contributed by atoms with Crippen LogP contribution >= 0.6 is 0 Å². The van der Waals surface area contributed by atoms with Gasteiger partial charge < -0.3 is 9.64 Å². The third kappa shape index (κ3) is 3.91. The van der Waals surface area contributed by atoms with Gasteiger partial charge in [0.25, 0.3) is 10.0 Å². The average Bonchev–Trinajstić information content (AvgIpc) is 2.65. The topological polar surface area (TPSA) is 93.1 Å². The van der Waals surface area contributed by atoms with Crippen LogP contribution in [0.15, 0.2) is 34.4 Å². The summed E-state index contributed by atoms with van der Waals surface area (Å²) in [5, 5.41) is 0. The first-order valence-electron chi connectivity index (χ1n) is 8.86. The van der Waals surface area contributed by atoms with Gasteiger partial charge in [-0.25, -0.2) is 13.2 Å². The van der Waals surface area contributed by atoms with Gasteiger partial charge in [-0.2, -0.15) is 0 Å². The van der Waals surface area contributed by atoms with Crippen molar-refractivity contribution in [2.45, 2.75) is 27.7 Å². The molecule has 3 rings (SSSR count). The predicted octanol–water partition coefficient (Wildman–Crippen LogP) is 2.14. The van der Waals surface area contributed by atoms with E-state index in [2.05, 4.69) is 4.40 Å². The van der Waals surface area contributed by atoms with E-state index < -0.39 is 16.0 Å². The second-order valence-corrected chi connectivity index (χ2v) is 8.72. The molecule has 0 aliphatic carbocycles. The maximum atomic E-state index is 12.6. The Bertz CT molecular complexity index is 1060. The highest BCUT2D eigenvalue weighted by Crippen LogP contribution is 2.22. The minimum Gasteiger partial charge on any atom is -0.454 e. The SMILES string of the molecule is Cc1cc(C(=O)COC(=O)C2=CN3CCS(=O)(=O)N=C3C=C2)c(C)c(C)c1C. The molecule has 0 fully saturated rings. The Morgan fingerprint density at radius 1 is 1.11 bits per heavy atom. The van der Waals surface area contributed by atoms with Crippen LogP contribution in [0.3, 0.4) is 0 Å². The lowest BCUT2D eigenvalue weighted by atomic mass is 9.93. The van der Waals surface area contributed by atoms with Gasteiger partial charge in [0.15, 0.2) is 6.61 Å². The van der Waals surface area contributed by atoms with Crippen LogP contribution in [0.1, 0.15) is 32.6 Å². The molecule has 0 spiro atoms. The number of aryl methyl sites for hydroxylation is 1. The van der Waals surface area contributed by atoms with E-state index in [9.17, 15) is 18.0 Å². The standard InChI is InChI=1S/C20H22N2O5S/c1-12-9-17(15(4)14(3)13(12)2)18(23)11-27-20(24)16-5-6-19-21-28(25,26)8-7-22(19)10-16/h5-6,9-10H,7-8,11H2,1-4H3. The van der Waals surface area contributed by atoms with E-state index in [0.717, 1.165) is 22.3 Å². The summed E-state index contributed by atoms with van der Waals surface area (Å²) < 4.78 is 31.9. The van der Waals surface area contributed by atoms with Crippen molar-refractivity contribution in [2.24, 2.45) is 4.40 Å². The van der Waals surface area contributed by atoms with Crippen molar-refractivity contribution in [1.82, 2.24) is 4.90 Å². The Morgan fingerprint density at radius 3 is 2.54 bits per heavy atom. The minimum absolute atomic E-state index is 0.118. The zero-order valence-corrected chi connectivity index (χ0v) is 17.1. The molecule has 0 amide bonds. The summed E-state index contributed by atoms with van der Waals surface area (Å²) in [4.78, 5) is 26.5. The molecule has 0 saturated carbocycles. The molecule has 0 bridgehead atoms. The Labute approximate surface area is 164 Å². The molecule has 28 heavy (non-hydrogen) atoms. The van der Waals surface area contributed by atoms with E-state index in [1.165, 1.54) is 18.4 Å². The van der Waals surface area contributed by atoms with Crippen molar-refractivity contribution in [3.8, 4) is 0 Å². The molecule has 0 saturated heterocycles. The number of hydrogen-bond acceptors (Lipinski definition) is 6. The van der Waals surface area contributed by atoms with Crippen LogP contribution < -0.4 is 0 Å². The number of carbonyl (C=O) groups is 2. The number of nitrogens with zero attached hydrogens (tertiary/aromatic N) is 2. The summed E-state index contributed by atoms with van der Waals surface area (Å²) in [5.41, 5.74) is 4.89. The number of fused-ring (bicyclic) bond motifs is 1. The van der Waals surface area contributed by atoms with Crippen molar-refractivity contribution in [2.75, 3.05) is 18.9 Å². The van der Waals surface area contributed by atoms with Gasteiger partial charge in [0.05, 0.1) is 11.3 Å². The highest BCUT2D eigenvalue weighted by Gasteiger charge is 2.26. The summed E-state index contributed by atoms with van der Waals surface area (Å²) in [6, 6.07) is 1.82. The van der Waals surface area contributed by atoms with Crippen LogP contribution in [0.4, 0.5) is 0 Å². The molecule has 0 unspecified atom stereocenters. The molecule has 0 atom stereocenters. The van der Waals surface area contributed by atoms with Crippen LogP contribution in [0, 0.1) is 27.7 Å². The van der Waals surface area contributed by atoms with E-state index in [0.29, 0.717) is 5.56 Å². The molecule has 1 aromatic carbocycles. The van der Waals surface area contributed by atoms with Crippen molar-refractivity contribution in [3.63, 3.8) is 0 Å². The highest BCUT2D eigenvalue weighted by molar-refractivity contribution is 7.90. The van der Waals surface area contributed by atoms with Crippen molar-refractivity contribution in [3.05, 3.63) is 57.8 Å². The Kier molecular flexibility index (Phi) is 5.25. The number of amidine groups is 1. The predicted molar refractivity (Wildman–Crippen MR) is 106 cm³/mol. The van der Waals surface area contributed by atoms with Gasteiger partial charge in [0.2, 0.25) is 5.78 Å². The molecule has 0 aromatic heterocycles. The summed E-state index contributed by atoms with van der Waals surface area (Å²) in [6.07, 6.45) is 4.38. The normalized spacial score (nSPS) is 17.5. The average molecular weight is 402 g/mol. The monoisotopic (exact) mass is 402 g/mol. The fourth-order valence-electron chi connectivity index (χ4n) is 3.12. The van der Waals surface area contributed by atoms with Gasteiger partial charge in [0, 0.05) is 18.3 Å². The van der Waals surface area contributed by atoms with Crippen LogP contribution in [0.5, 0.6) is 0 Å². The number of hydrogen-bond donors (Lipinski definition) is 0. The summed E-state index contributed by atoms with van der Waals surface area (Å²) in [5.74, 6) is -0.758. The molecular formula is C20H22N2O5S. The molecule has 7 nitrogen and oxygen atoms in total. The first-order chi connectivity index (χ1) is 13.1. The number of ether oxygens (including phenoxy) is 1. The highest BCUT2D eigenvalue weighted by atomic mass is 32.2. The summed E-state index contributed by atoms with van der Waals surface area (Å²) in [6.45, 7) is 7.66. The first-order valence-corrected chi connectivity index (χ1v) is 10.5. The molecule has 2 aliphatic rings. The van der Waals surface area contributed by atoms with Gasteiger partial charge in [-0.05, 0) is 68.2 Å². The third-order valence-corrected chi connectivity index (χ3v) is 6.34. The fraction of sp³-hybridized carbons (Fsp3) is 0.350. The largest absolute Gasteiger partial charge is 0.454 e. The summed E-state index contributed by atoms with van der Waals surface area (Å²) in [7, 11) is -3.45. The maximum Gasteiger partial charge on any atom is 0.340 e. The van der Waals surface area contributed by atoms with Gasteiger partial charge >= 0.3 is 5.97 Å². The van der Waals surface area contributed by atoms with Gasteiger partial charge in [0.1, 0.15) is 5.84 Å². The molecule has 2 heterocycles. The lowest BCUT2D eigenvalue weighted by Gasteiger charge is -2.26. The zero-order valence-electron chi connectivity index (χ0n) is 16.3. The quantitative estimate of drug-likeness (QED) is 0.566. The molecule has 0 radical (unpaired) electrons. The second-order valence-electron chi connectivity index (χ2n) is 6.96. The Hall–Kier alpha value is -2.74. The smallest absolute Gasteiger partial charge is 0.340 e. The number of sulfonamides is 1. The Morgan fingerprint density at radius 2 is 1.82 bits per heavy atom. The van der Waals surface area contributed by atoms with E-state index in [1.807, 2.05) is 33.8 Å².